The molecule has 0 saturated heterocycles. The Balaban J connectivity index is 1.69. The van der Waals surface area contributed by atoms with E-state index in [1.54, 1.807) is 42.9 Å². The number of phenols is 1. The van der Waals surface area contributed by atoms with Crippen molar-refractivity contribution < 1.29 is 9.90 Å². The minimum atomic E-state index is -0.132. The van der Waals surface area contributed by atoms with Gasteiger partial charge in [0.2, 0.25) is 5.91 Å². The van der Waals surface area contributed by atoms with E-state index in [-0.39, 0.29) is 18.1 Å². The van der Waals surface area contributed by atoms with Gasteiger partial charge in [-0.15, -0.1) is 0 Å². The van der Waals surface area contributed by atoms with E-state index in [9.17, 15) is 9.90 Å². The quantitative estimate of drug-likeness (QED) is 0.682. The first kappa shape index (κ1) is 13.8. The van der Waals surface area contributed by atoms with Gasteiger partial charge in [0, 0.05) is 31.0 Å². The topological polar surface area (TPSA) is 87.1 Å². The van der Waals surface area contributed by atoms with Crippen molar-refractivity contribution in [3.05, 3.63) is 48.4 Å². The number of rotatable bonds is 6. The van der Waals surface area contributed by atoms with Crippen LogP contribution < -0.4 is 10.6 Å². The van der Waals surface area contributed by atoms with Crippen LogP contribution in [0.1, 0.15) is 5.56 Å². The Kier molecular flexibility index (Phi) is 4.88. The fraction of sp³-hybridized carbons (Fsp3) is 0.214. The largest absolute Gasteiger partial charge is 0.508 e. The second kappa shape index (κ2) is 7.08. The molecule has 6 heteroatoms. The van der Waals surface area contributed by atoms with Crippen molar-refractivity contribution in [2.24, 2.45) is 0 Å². The number of nitrogens with one attached hydrogen (secondary N) is 2. The Bertz CT molecular complexity index is 560. The highest BCUT2D eigenvalue weighted by molar-refractivity contribution is 5.79. The molecule has 0 fully saturated rings. The Hall–Kier alpha value is -2.63. The summed E-state index contributed by atoms with van der Waals surface area (Å²) < 4.78 is 0. The maximum Gasteiger partial charge on any atom is 0.224 e. The standard InChI is InChI=1S/C14H16N4O2/c19-12-4-2-1-3-11(12)9-14(20)18-8-7-17-13-10-15-5-6-16-13/h1-6,10,19H,7-9H2,(H,16,17)(H,18,20). The molecule has 0 spiro atoms. The number of nitrogens with zero attached hydrogens (tertiary/aromatic N) is 2. The first-order valence-electron chi connectivity index (χ1n) is 6.29. The van der Waals surface area contributed by atoms with Crippen molar-refractivity contribution in [1.82, 2.24) is 15.3 Å². The van der Waals surface area contributed by atoms with E-state index in [1.165, 1.54) is 0 Å². The van der Waals surface area contributed by atoms with Crippen molar-refractivity contribution in [2.75, 3.05) is 18.4 Å². The van der Waals surface area contributed by atoms with Gasteiger partial charge in [-0.3, -0.25) is 9.78 Å². The zero-order chi connectivity index (χ0) is 14.2. The van der Waals surface area contributed by atoms with Gasteiger partial charge < -0.3 is 15.7 Å². The highest BCUT2D eigenvalue weighted by Crippen LogP contribution is 2.15. The molecular formula is C14H16N4O2. The van der Waals surface area contributed by atoms with Gasteiger partial charge in [-0.25, -0.2) is 4.98 Å². The number of phenolic OH excluding ortho intramolecular Hbond substituents is 1. The van der Waals surface area contributed by atoms with Crippen molar-refractivity contribution in [3.8, 4) is 5.75 Å². The van der Waals surface area contributed by atoms with Crippen LogP contribution in [-0.2, 0) is 11.2 Å². The summed E-state index contributed by atoms with van der Waals surface area (Å²) in [6.45, 7) is 1.04. The zero-order valence-electron chi connectivity index (χ0n) is 10.9. The summed E-state index contributed by atoms with van der Waals surface area (Å²) in [6.07, 6.45) is 4.97. The number of aromatic nitrogens is 2. The van der Waals surface area contributed by atoms with Gasteiger partial charge in [0.25, 0.3) is 0 Å². The molecule has 0 unspecified atom stereocenters. The predicted molar refractivity (Wildman–Crippen MR) is 75.3 cm³/mol. The number of aromatic hydroxyl groups is 1. The summed E-state index contributed by atoms with van der Waals surface area (Å²) in [5, 5.41) is 15.4. The molecule has 0 saturated carbocycles. The molecule has 2 aromatic rings. The smallest absolute Gasteiger partial charge is 0.224 e. The second-order valence-corrected chi connectivity index (χ2v) is 4.17. The van der Waals surface area contributed by atoms with Crippen LogP contribution in [0.2, 0.25) is 0 Å². The first-order chi connectivity index (χ1) is 9.75. The molecule has 104 valence electrons. The molecule has 0 aliphatic rings. The fourth-order valence-corrected chi connectivity index (χ4v) is 1.68. The third-order valence-corrected chi connectivity index (χ3v) is 2.66. The molecule has 0 aliphatic carbocycles. The summed E-state index contributed by atoms with van der Waals surface area (Å²) in [6, 6.07) is 6.81. The number of benzene rings is 1. The van der Waals surface area contributed by atoms with Crippen LogP contribution in [-0.4, -0.2) is 34.1 Å². The molecular weight excluding hydrogens is 256 g/mol. The molecule has 6 nitrogen and oxygen atoms in total. The lowest BCUT2D eigenvalue weighted by Crippen LogP contribution is -2.30. The monoisotopic (exact) mass is 272 g/mol. The van der Waals surface area contributed by atoms with Crippen LogP contribution in [0.4, 0.5) is 5.82 Å². The van der Waals surface area contributed by atoms with Crippen molar-refractivity contribution in [2.45, 2.75) is 6.42 Å². The van der Waals surface area contributed by atoms with Crippen LogP contribution >= 0.6 is 0 Å². The zero-order valence-corrected chi connectivity index (χ0v) is 10.9. The van der Waals surface area contributed by atoms with E-state index in [1.807, 2.05) is 0 Å². The summed E-state index contributed by atoms with van der Waals surface area (Å²) in [4.78, 5) is 19.7. The molecule has 3 N–H and O–H groups in total. The lowest BCUT2D eigenvalue weighted by molar-refractivity contribution is -0.120. The molecule has 1 aromatic carbocycles. The molecule has 1 heterocycles. The molecule has 1 amide bonds. The fourth-order valence-electron chi connectivity index (χ4n) is 1.68. The van der Waals surface area contributed by atoms with Gasteiger partial charge in [0.05, 0.1) is 12.6 Å². The lowest BCUT2D eigenvalue weighted by Gasteiger charge is -2.07. The van der Waals surface area contributed by atoms with E-state index < -0.39 is 0 Å². The van der Waals surface area contributed by atoms with Crippen molar-refractivity contribution >= 4 is 11.7 Å². The summed E-state index contributed by atoms with van der Waals surface area (Å²) in [5.74, 6) is 0.676. The Labute approximate surface area is 116 Å². The lowest BCUT2D eigenvalue weighted by atomic mass is 10.1. The number of amides is 1. The molecule has 2 rings (SSSR count). The van der Waals surface area contributed by atoms with Crippen molar-refractivity contribution in [1.29, 1.82) is 0 Å². The Morgan fingerprint density at radius 3 is 2.80 bits per heavy atom. The second-order valence-electron chi connectivity index (χ2n) is 4.17. The van der Waals surface area contributed by atoms with E-state index in [0.717, 1.165) is 0 Å². The molecule has 1 aromatic heterocycles. The van der Waals surface area contributed by atoms with Gasteiger partial charge in [-0.05, 0) is 6.07 Å². The van der Waals surface area contributed by atoms with Gasteiger partial charge >= 0.3 is 0 Å². The normalized spacial score (nSPS) is 10.0. The molecule has 0 radical (unpaired) electrons. The van der Waals surface area contributed by atoms with Gasteiger partial charge in [-0.1, -0.05) is 18.2 Å². The van der Waals surface area contributed by atoms with Crippen LogP contribution in [0.5, 0.6) is 5.75 Å². The van der Waals surface area contributed by atoms with Crippen LogP contribution in [0.3, 0.4) is 0 Å². The Morgan fingerprint density at radius 1 is 1.20 bits per heavy atom. The van der Waals surface area contributed by atoms with E-state index in [4.69, 9.17) is 0 Å². The highest BCUT2D eigenvalue weighted by Gasteiger charge is 2.06. The minimum absolute atomic E-state index is 0.132. The average molecular weight is 272 g/mol. The molecule has 20 heavy (non-hydrogen) atoms. The summed E-state index contributed by atoms with van der Waals surface area (Å²) in [5.41, 5.74) is 0.617. The third-order valence-electron chi connectivity index (χ3n) is 2.66. The maximum atomic E-state index is 11.7. The number of carbonyl (C=O) groups excluding carboxylic acids is 1. The third kappa shape index (κ3) is 4.24. The first-order valence-corrected chi connectivity index (χ1v) is 6.29. The van der Waals surface area contributed by atoms with Crippen LogP contribution in [0.15, 0.2) is 42.9 Å². The molecule has 0 atom stereocenters. The van der Waals surface area contributed by atoms with Crippen LogP contribution in [0.25, 0.3) is 0 Å². The van der Waals surface area contributed by atoms with E-state index in [0.29, 0.717) is 24.5 Å². The highest BCUT2D eigenvalue weighted by atomic mass is 16.3. The Morgan fingerprint density at radius 2 is 2.05 bits per heavy atom. The maximum absolute atomic E-state index is 11.7. The number of para-hydroxylation sites is 1. The molecule has 0 bridgehead atoms. The van der Waals surface area contributed by atoms with Gasteiger partial charge in [0.1, 0.15) is 11.6 Å². The number of carbonyl (C=O) groups is 1. The number of anilines is 1. The SMILES string of the molecule is O=C(Cc1ccccc1O)NCCNc1cnccn1. The van der Waals surface area contributed by atoms with Crippen molar-refractivity contribution in [3.63, 3.8) is 0 Å². The summed E-state index contributed by atoms with van der Waals surface area (Å²) in [7, 11) is 0. The summed E-state index contributed by atoms with van der Waals surface area (Å²) >= 11 is 0. The van der Waals surface area contributed by atoms with Gasteiger partial charge in [0.15, 0.2) is 0 Å². The number of hydrogen-bond acceptors (Lipinski definition) is 5. The molecule has 0 aliphatic heterocycles. The minimum Gasteiger partial charge on any atom is -0.508 e. The number of hydrogen-bond donors (Lipinski definition) is 3. The van der Waals surface area contributed by atoms with E-state index in [2.05, 4.69) is 20.6 Å². The predicted octanol–water partition coefficient (Wildman–Crippen LogP) is 0.953. The van der Waals surface area contributed by atoms with E-state index >= 15 is 0 Å². The van der Waals surface area contributed by atoms with Gasteiger partial charge in [-0.2, -0.15) is 0 Å². The average Bonchev–Trinajstić information content (AvgIpc) is 2.47. The van der Waals surface area contributed by atoms with Crippen LogP contribution in [0, 0.1) is 0 Å².